The fraction of sp³-hybridized carbons (Fsp3) is 0.167. The van der Waals surface area contributed by atoms with E-state index in [1.54, 1.807) is 12.1 Å². The summed E-state index contributed by atoms with van der Waals surface area (Å²) >= 11 is 0. The molecule has 1 fully saturated rings. The summed E-state index contributed by atoms with van der Waals surface area (Å²) in [4.78, 5) is 22.4. The first-order chi connectivity index (χ1) is 8.22. The van der Waals surface area contributed by atoms with E-state index in [1.165, 1.54) is 0 Å². The number of aliphatic hydroxyl groups is 1. The second kappa shape index (κ2) is 4.80. The molecule has 1 aromatic rings. The molecule has 5 nitrogen and oxygen atoms in total. The lowest BCUT2D eigenvalue weighted by Gasteiger charge is -2.07. The van der Waals surface area contributed by atoms with Crippen molar-refractivity contribution in [2.75, 3.05) is 6.61 Å². The molecule has 0 unspecified atom stereocenters. The van der Waals surface area contributed by atoms with Crippen LogP contribution in [0.25, 0.3) is 5.57 Å². The maximum absolute atomic E-state index is 11.5. The molecular weight excluding hydrogens is 222 g/mol. The molecule has 0 atom stereocenters. The highest BCUT2D eigenvalue weighted by Gasteiger charge is 2.29. The van der Waals surface area contributed by atoms with Gasteiger partial charge in [0.25, 0.3) is 5.91 Å². The van der Waals surface area contributed by atoms with Gasteiger partial charge >= 0.3 is 6.09 Å². The maximum Gasteiger partial charge on any atom is 0.419 e. The molecule has 1 heterocycles. The second-order valence-corrected chi connectivity index (χ2v) is 3.49. The number of carbonyl (C=O) groups excluding carboxylic acids is 2. The summed E-state index contributed by atoms with van der Waals surface area (Å²) in [7, 11) is 0. The fourth-order valence-corrected chi connectivity index (χ4v) is 1.65. The number of alkyl carbamates (subject to hydrolysis) is 1. The first kappa shape index (κ1) is 11.3. The van der Waals surface area contributed by atoms with Crippen LogP contribution in [0.4, 0.5) is 4.79 Å². The molecule has 0 aliphatic carbocycles. The van der Waals surface area contributed by atoms with Gasteiger partial charge in [-0.05, 0) is 12.0 Å². The Labute approximate surface area is 97.7 Å². The number of amides is 2. The van der Waals surface area contributed by atoms with E-state index >= 15 is 0 Å². The van der Waals surface area contributed by atoms with Crippen molar-refractivity contribution in [3.05, 3.63) is 41.7 Å². The van der Waals surface area contributed by atoms with E-state index in [0.717, 1.165) is 5.56 Å². The van der Waals surface area contributed by atoms with Crippen LogP contribution in [-0.4, -0.2) is 23.7 Å². The lowest BCUT2D eigenvalue weighted by atomic mass is 10.0. The number of nitrogens with one attached hydrogen (secondary N) is 1. The van der Waals surface area contributed by atoms with Gasteiger partial charge < -0.3 is 9.84 Å². The second-order valence-electron chi connectivity index (χ2n) is 3.49. The fourth-order valence-electron chi connectivity index (χ4n) is 1.65. The van der Waals surface area contributed by atoms with Gasteiger partial charge in [-0.1, -0.05) is 30.3 Å². The van der Waals surface area contributed by atoms with Gasteiger partial charge in [0.05, 0.1) is 0 Å². The number of benzene rings is 1. The summed E-state index contributed by atoms with van der Waals surface area (Å²) in [5.74, 6) is -0.599. The Bertz CT molecular complexity index is 479. The van der Waals surface area contributed by atoms with E-state index in [9.17, 15) is 9.59 Å². The van der Waals surface area contributed by atoms with Crippen molar-refractivity contribution in [3.8, 4) is 0 Å². The van der Waals surface area contributed by atoms with Gasteiger partial charge in [0.1, 0.15) is 0 Å². The largest absolute Gasteiger partial charge is 0.419 e. The molecule has 0 saturated carbocycles. The zero-order valence-electron chi connectivity index (χ0n) is 8.97. The van der Waals surface area contributed by atoms with Crippen LogP contribution in [0.3, 0.4) is 0 Å². The lowest BCUT2D eigenvalue weighted by Crippen LogP contribution is -2.18. The lowest BCUT2D eigenvalue weighted by molar-refractivity contribution is -0.116. The average Bonchev–Trinajstić information content (AvgIpc) is 2.66. The van der Waals surface area contributed by atoms with Crippen molar-refractivity contribution in [1.82, 2.24) is 5.32 Å². The molecule has 2 amide bonds. The maximum atomic E-state index is 11.5. The van der Waals surface area contributed by atoms with Crippen LogP contribution >= 0.6 is 0 Å². The van der Waals surface area contributed by atoms with Crippen molar-refractivity contribution in [2.24, 2.45) is 0 Å². The summed E-state index contributed by atoms with van der Waals surface area (Å²) in [6.07, 6.45) is -0.531. The van der Waals surface area contributed by atoms with Gasteiger partial charge in [0, 0.05) is 12.2 Å². The van der Waals surface area contributed by atoms with Gasteiger partial charge in [-0.25, -0.2) is 4.79 Å². The first-order valence-electron chi connectivity index (χ1n) is 5.15. The number of ether oxygens (including phenoxy) is 1. The summed E-state index contributed by atoms with van der Waals surface area (Å²) in [6, 6.07) is 9.03. The van der Waals surface area contributed by atoms with E-state index in [-0.39, 0.29) is 18.8 Å². The molecule has 0 aromatic heterocycles. The highest BCUT2D eigenvalue weighted by atomic mass is 16.6. The third-order valence-electron chi connectivity index (χ3n) is 2.37. The molecule has 0 radical (unpaired) electrons. The normalized spacial score (nSPS) is 17.7. The van der Waals surface area contributed by atoms with E-state index in [4.69, 9.17) is 9.84 Å². The topological polar surface area (TPSA) is 75.6 Å². The molecule has 2 rings (SSSR count). The Hall–Kier alpha value is -2.14. The number of carbonyl (C=O) groups is 2. The summed E-state index contributed by atoms with van der Waals surface area (Å²) in [5.41, 5.74) is 1.28. The zero-order chi connectivity index (χ0) is 12.3. The molecule has 1 saturated heterocycles. The van der Waals surface area contributed by atoms with Crippen molar-refractivity contribution >= 4 is 17.6 Å². The number of cyclic esters (lactones) is 1. The monoisotopic (exact) mass is 233 g/mol. The van der Waals surface area contributed by atoms with Crippen LogP contribution in [0, 0.1) is 0 Å². The van der Waals surface area contributed by atoms with Gasteiger partial charge in [0.2, 0.25) is 5.76 Å². The van der Waals surface area contributed by atoms with Gasteiger partial charge in [-0.2, -0.15) is 0 Å². The summed E-state index contributed by atoms with van der Waals surface area (Å²) < 4.78 is 4.81. The van der Waals surface area contributed by atoms with Crippen molar-refractivity contribution in [3.63, 3.8) is 0 Å². The number of hydrogen-bond acceptors (Lipinski definition) is 4. The molecule has 1 aliphatic heterocycles. The summed E-state index contributed by atoms with van der Waals surface area (Å²) in [5, 5.41) is 11.0. The minimum Gasteiger partial charge on any atom is -0.404 e. The zero-order valence-corrected chi connectivity index (χ0v) is 8.97. The number of rotatable bonds is 3. The van der Waals surface area contributed by atoms with Crippen LogP contribution in [0.2, 0.25) is 0 Å². The average molecular weight is 233 g/mol. The van der Waals surface area contributed by atoms with Crippen LogP contribution < -0.4 is 5.32 Å². The highest BCUT2D eigenvalue weighted by Crippen LogP contribution is 2.25. The standard InChI is InChI=1S/C12H11NO4/c14-7-6-9(8-4-2-1-3-5-8)10-11(15)13-12(16)17-10/h1-5,14H,6-7H2,(H,13,15,16)/b10-9-. The minimum absolute atomic E-state index is 0.0322. The van der Waals surface area contributed by atoms with E-state index < -0.39 is 12.0 Å². The Kier molecular flexibility index (Phi) is 3.20. The Balaban J connectivity index is 2.45. The smallest absolute Gasteiger partial charge is 0.404 e. The molecule has 2 N–H and O–H groups in total. The van der Waals surface area contributed by atoms with E-state index in [2.05, 4.69) is 0 Å². The predicted octanol–water partition coefficient (Wildman–Crippen LogP) is 1.05. The quantitative estimate of drug-likeness (QED) is 0.765. The first-order valence-corrected chi connectivity index (χ1v) is 5.15. The van der Waals surface area contributed by atoms with Gasteiger partial charge in [-0.3, -0.25) is 10.1 Å². The third kappa shape index (κ3) is 2.34. The minimum atomic E-state index is -0.781. The number of aliphatic hydroxyl groups excluding tert-OH is 1. The van der Waals surface area contributed by atoms with Gasteiger partial charge in [0.15, 0.2) is 0 Å². The van der Waals surface area contributed by atoms with E-state index in [1.807, 2.05) is 23.5 Å². The molecule has 0 spiro atoms. The Morgan fingerprint density at radius 1 is 1.24 bits per heavy atom. The molecule has 1 aromatic carbocycles. The SMILES string of the molecule is O=C1NC(=O)/C(=C(\CCO)c2ccccc2)O1. The Morgan fingerprint density at radius 3 is 2.47 bits per heavy atom. The number of hydrogen-bond donors (Lipinski definition) is 2. The summed E-state index contributed by atoms with van der Waals surface area (Å²) in [6.45, 7) is -0.126. The molecule has 5 heteroatoms. The molecule has 17 heavy (non-hydrogen) atoms. The van der Waals surface area contributed by atoms with Crippen molar-refractivity contribution < 1.29 is 19.4 Å². The van der Waals surface area contributed by atoms with Gasteiger partial charge in [-0.15, -0.1) is 0 Å². The molecular formula is C12H11NO4. The van der Waals surface area contributed by atoms with Crippen LogP contribution in [0.5, 0.6) is 0 Å². The van der Waals surface area contributed by atoms with Crippen molar-refractivity contribution in [1.29, 1.82) is 0 Å². The van der Waals surface area contributed by atoms with Crippen LogP contribution in [-0.2, 0) is 9.53 Å². The molecule has 0 bridgehead atoms. The van der Waals surface area contributed by atoms with Crippen molar-refractivity contribution in [2.45, 2.75) is 6.42 Å². The number of imide groups is 1. The van der Waals surface area contributed by atoms with Crippen LogP contribution in [0.15, 0.2) is 36.1 Å². The third-order valence-corrected chi connectivity index (χ3v) is 2.37. The molecule has 88 valence electrons. The highest BCUT2D eigenvalue weighted by molar-refractivity contribution is 6.11. The van der Waals surface area contributed by atoms with E-state index in [0.29, 0.717) is 5.57 Å². The Morgan fingerprint density at radius 2 is 1.94 bits per heavy atom. The van der Waals surface area contributed by atoms with Crippen LogP contribution in [0.1, 0.15) is 12.0 Å². The predicted molar refractivity (Wildman–Crippen MR) is 59.7 cm³/mol. The molecule has 1 aliphatic rings.